The monoisotopic (exact) mass is 216 g/mol. The number of benzene rings is 1. The third-order valence-corrected chi connectivity index (χ3v) is 2.45. The molecule has 14 heavy (non-hydrogen) atoms. The Balaban J connectivity index is 3.06. The van der Waals surface area contributed by atoms with E-state index < -0.39 is 11.8 Å². The molecule has 0 fully saturated rings. The molecule has 0 spiro atoms. The normalized spacial score (nSPS) is 10.0. The number of methoxy groups -OCH3 is 1. The molecular formula is C10H10ClFO2. The highest BCUT2D eigenvalue weighted by molar-refractivity contribution is 6.32. The number of hydrogen-bond donors (Lipinski definition) is 0. The van der Waals surface area contributed by atoms with E-state index in [0.717, 1.165) is 5.56 Å². The maximum Gasteiger partial charge on any atom is 0.310 e. The standard InChI is InChI=1S/C10H10ClFO2/c1-6-3-4-8(12)7(10(6)11)5-9(13)14-2/h3-4H,5H2,1-2H3. The molecule has 0 unspecified atom stereocenters. The summed E-state index contributed by atoms with van der Waals surface area (Å²) in [7, 11) is 1.25. The summed E-state index contributed by atoms with van der Waals surface area (Å²) in [5.41, 5.74) is 0.936. The van der Waals surface area contributed by atoms with E-state index in [1.54, 1.807) is 13.0 Å². The van der Waals surface area contributed by atoms with Crippen LogP contribution in [0.4, 0.5) is 4.39 Å². The lowest BCUT2D eigenvalue weighted by molar-refractivity contribution is -0.139. The minimum Gasteiger partial charge on any atom is -0.469 e. The fourth-order valence-electron chi connectivity index (χ4n) is 1.09. The van der Waals surface area contributed by atoms with Gasteiger partial charge in [-0.3, -0.25) is 4.79 Å². The lowest BCUT2D eigenvalue weighted by Crippen LogP contribution is -2.07. The number of esters is 1. The van der Waals surface area contributed by atoms with Gasteiger partial charge in [-0.15, -0.1) is 0 Å². The van der Waals surface area contributed by atoms with Crippen molar-refractivity contribution in [2.45, 2.75) is 13.3 Å². The van der Waals surface area contributed by atoms with Gasteiger partial charge in [-0.1, -0.05) is 17.7 Å². The van der Waals surface area contributed by atoms with Crippen molar-refractivity contribution in [2.24, 2.45) is 0 Å². The Hall–Kier alpha value is -1.09. The molecule has 1 aromatic carbocycles. The van der Waals surface area contributed by atoms with E-state index in [1.807, 2.05) is 0 Å². The lowest BCUT2D eigenvalue weighted by atomic mass is 10.1. The van der Waals surface area contributed by atoms with Gasteiger partial charge >= 0.3 is 5.97 Å². The molecule has 0 bridgehead atoms. The Morgan fingerprint density at radius 3 is 2.79 bits per heavy atom. The number of hydrogen-bond acceptors (Lipinski definition) is 2. The van der Waals surface area contributed by atoms with Crippen molar-refractivity contribution in [3.05, 3.63) is 34.1 Å². The Morgan fingerprint density at radius 2 is 2.21 bits per heavy atom. The van der Waals surface area contributed by atoms with Crippen LogP contribution >= 0.6 is 11.6 Å². The Bertz CT molecular complexity index is 363. The number of carbonyl (C=O) groups excluding carboxylic acids is 1. The zero-order valence-electron chi connectivity index (χ0n) is 7.93. The highest BCUT2D eigenvalue weighted by atomic mass is 35.5. The molecule has 2 nitrogen and oxygen atoms in total. The quantitative estimate of drug-likeness (QED) is 0.710. The maximum absolute atomic E-state index is 13.2. The fraction of sp³-hybridized carbons (Fsp3) is 0.300. The van der Waals surface area contributed by atoms with Crippen molar-refractivity contribution in [2.75, 3.05) is 7.11 Å². The van der Waals surface area contributed by atoms with Crippen LogP contribution in [0.15, 0.2) is 12.1 Å². The van der Waals surface area contributed by atoms with E-state index in [9.17, 15) is 9.18 Å². The summed E-state index contributed by atoms with van der Waals surface area (Å²) in [5.74, 6) is -0.984. The van der Waals surface area contributed by atoms with E-state index in [1.165, 1.54) is 13.2 Å². The zero-order valence-corrected chi connectivity index (χ0v) is 8.69. The summed E-state index contributed by atoms with van der Waals surface area (Å²) in [5, 5.41) is 0.287. The van der Waals surface area contributed by atoms with Crippen molar-refractivity contribution in [3.8, 4) is 0 Å². The molecule has 0 N–H and O–H groups in total. The first-order chi connectivity index (χ1) is 6.56. The molecule has 1 rings (SSSR count). The molecule has 76 valence electrons. The molecule has 0 aliphatic rings. The lowest BCUT2D eigenvalue weighted by Gasteiger charge is -2.06. The number of rotatable bonds is 2. The molecule has 1 aromatic rings. The molecule has 0 aliphatic carbocycles. The molecule has 4 heteroatoms. The van der Waals surface area contributed by atoms with E-state index in [0.29, 0.717) is 0 Å². The largest absolute Gasteiger partial charge is 0.469 e. The highest BCUT2D eigenvalue weighted by Crippen LogP contribution is 2.23. The molecule has 0 saturated heterocycles. The maximum atomic E-state index is 13.2. The van der Waals surface area contributed by atoms with Gasteiger partial charge in [-0.05, 0) is 18.6 Å². The Kier molecular flexibility index (Phi) is 3.47. The first-order valence-corrected chi connectivity index (χ1v) is 4.44. The fourth-order valence-corrected chi connectivity index (χ4v) is 1.31. The van der Waals surface area contributed by atoms with Gasteiger partial charge in [0.2, 0.25) is 0 Å². The van der Waals surface area contributed by atoms with E-state index >= 15 is 0 Å². The van der Waals surface area contributed by atoms with Gasteiger partial charge in [0, 0.05) is 5.56 Å². The van der Waals surface area contributed by atoms with Crippen LogP contribution in [0.3, 0.4) is 0 Å². The van der Waals surface area contributed by atoms with Gasteiger partial charge in [0.1, 0.15) is 5.82 Å². The van der Waals surface area contributed by atoms with Gasteiger partial charge in [-0.2, -0.15) is 0 Å². The second-order valence-corrected chi connectivity index (χ2v) is 3.29. The molecule has 0 aromatic heterocycles. The SMILES string of the molecule is COC(=O)Cc1c(F)ccc(C)c1Cl. The van der Waals surface area contributed by atoms with Crippen molar-refractivity contribution in [1.29, 1.82) is 0 Å². The molecule has 0 atom stereocenters. The van der Waals surface area contributed by atoms with Crippen molar-refractivity contribution < 1.29 is 13.9 Å². The molecule has 0 saturated carbocycles. The zero-order chi connectivity index (χ0) is 10.7. The van der Waals surface area contributed by atoms with Crippen molar-refractivity contribution >= 4 is 17.6 Å². The molecule has 0 aliphatic heterocycles. The van der Waals surface area contributed by atoms with Crippen LogP contribution in [0.2, 0.25) is 5.02 Å². The van der Waals surface area contributed by atoms with Crippen LogP contribution in [0.25, 0.3) is 0 Å². The minimum absolute atomic E-state index is 0.136. The van der Waals surface area contributed by atoms with Crippen molar-refractivity contribution in [3.63, 3.8) is 0 Å². The Morgan fingerprint density at radius 1 is 1.57 bits per heavy atom. The van der Waals surface area contributed by atoms with Crippen LogP contribution in [0.1, 0.15) is 11.1 Å². The smallest absolute Gasteiger partial charge is 0.310 e. The van der Waals surface area contributed by atoms with Crippen LogP contribution in [0, 0.1) is 12.7 Å². The van der Waals surface area contributed by atoms with Gasteiger partial charge < -0.3 is 4.74 Å². The van der Waals surface area contributed by atoms with Crippen LogP contribution in [-0.2, 0) is 16.0 Å². The second kappa shape index (κ2) is 4.42. The molecule has 0 amide bonds. The van der Waals surface area contributed by atoms with E-state index in [4.69, 9.17) is 11.6 Å². The second-order valence-electron chi connectivity index (χ2n) is 2.91. The average molecular weight is 217 g/mol. The number of aryl methyl sites for hydroxylation is 1. The first kappa shape index (κ1) is 11.0. The van der Waals surface area contributed by atoms with Crippen LogP contribution in [0.5, 0.6) is 0 Å². The van der Waals surface area contributed by atoms with Gasteiger partial charge in [-0.25, -0.2) is 4.39 Å². The number of ether oxygens (including phenoxy) is 1. The van der Waals surface area contributed by atoms with Gasteiger partial charge in [0.25, 0.3) is 0 Å². The predicted molar refractivity (Wildman–Crippen MR) is 51.9 cm³/mol. The van der Waals surface area contributed by atoms with Gasteiger partial charge in [0.15, 0.2) is 0 Å². The first-order valence-electron chi connectivity index (χ1n) is 4.06. The summed E-state index contributed by atoms with van der Waals surface area (Å²) in [4.78, 5) is 10.9. The van der Waals surface area contributed by atoms with E-state index in [2.05, 4.69) is 4.74 Å². The number of carbonyl (C=O) groups is 1. The summed E-state index contributed by atoms with van der Waals surface area (Å²) in [6.45, 7) is 1.75. The van der Waals surface area contributed by atoms with E-state index in [-0.39, 0.29) is 17.0 Å². The Labute approximate surface area is 86.6 Å². The third kappa shape index (κ3) is 2.23. The van der Waals surface area contributed by atoms with Crippen LogP contribution < -0.4 is 0 Å². The summed E-state index contributed by atoms with van der Waals surface area (Å²) in [6, 6.07) is 2.86. The summed E-state index contributed by atoms with van der Waals surface area (Å²) < 4.78 is 17.7. The van der Waals surface area contributed by atoms with Crippen molar-refractivity contribution in [1.82, 2.24) is 0 Å². The average Bonchev–Trinajstić information content (AvgIpc) is 2.18. The minimum atomic E-state index is -0.503. The molecule has 0 radical (unpaired) electrons. The molecule has 0 heterocycles. The topological polar surface area (TPSA) is 26.3 Å². The highest BCUT2D eigenvalue weighted by Gasteiger charge is 2.13. The van der Waals surface area contributed by atoms with Gasteiger partial charge in [0.05, 0.1) is 18.6 Å². The van der Waals surface area contributed by atoms with Crippen LogP contribution in [-0.4, -0.2) is 13.1 Å². The third-order valence-electron chi connectivity index (χ3n) is 1.93. The number of halogens is 2. The predicted octanol–water partition coefficient (Wildman–Crippen LogP) is 2.50. The summed E-state index contributed by atoms with van der Waals surface area (Å²) >= 11 is 5.85. The molecular weight excluding hydrogens is 207 g/mol. The summed E-state index contributed by atoms with van der Waals surface area (Å²) in [6.07, 6.45) is -0.136.